The van der Waals surface area contributed by atoms with Gasteiger partial charge in [0.05, 0.1) is 24.0 Å². The first kappa shape index (κ1) is 23.6. The number of anilines is 1. The molecule has 0 aliphatic heterocycles. The number of nitrogens with two attached hydrogens (primary N) is 1. The van der Waals surface area contributed by atoms with E-state index in [2.05, 4.69) is 23.8 Å². The number of carbonyl (C=O) groups is 2. The second-order valence-electron chi connectivity index (χ2n) is 6.17. The highest BCUT2D eigenvalue weighted by molar-refractivity contribution is 5.92. The number of aliphatic carboxylic acids is 2. The summed E-state index contributed by atoms with van der Waals surface area (Å²) in [5, 5.41) is 20.2. The van der Waals surface area contributed by atoms with Gasteiger partial charge in [0.2, 0.25) is 0 Å². The van der Waals surface area contributed by atoms with Crippen LogP contribution in [0.1, 0.15) is 25.5 Å². The quantitative estimate of drug-likeness (QED) is 0.471. The number of nitrogens with one attached hydrogen (secondary N) is 1. The normalized spacial score (nSPS) is 11.4. The summed E-state index contributed by atoms with van der Waals surface area (Å²) in [6.07, 6.45) is 4.90. The Bertz CT molecular complexity index is 864. The van der Waals surface area contributed by atoms with Crippen LogP contribution in [0.25, 0.3) is 17.0 Å². The van der Waals surface area contributed by atoms with Crippen molar-refractivity contribution in [3.63, 3.8) is 0 Å². The maximum Gasteiger partial charge on any atom is 0.328 e. The molecule has 1 aromatic carbocycles. The highest BCUT2D eigenvalue weighted by Gasteiger charge is 2.09. The van der Waals surface area contributed by atoms with Gasteiger partial charge in [-0.15, -0.1) is 0 Å². The van der Waals surface area contributed by atoms with Gasteiger partial charge in [0.15, 0.2) is 0 Å². The second kappa shape index (κ2) is 12.1. The zero-order chi connectivity index (χ0) is 21.8. The zero-order valence-electron chi connectivity index (χ0n) is 16.6. The topological polar surface area (TPSA) is 135 Å². The largest absolute Gasteiger partial charge is 0.497 e. The number of hydrogen-bond acceptors (Lipinski definition) is 6. The van der Waals surface area contributed by atoms with Crippen molar-refractivity contribution >= 4 is 34.6 Å². The number of ether oxygens (including phenoxy) is 1. The van der Waals surface area contributed by atoms with Crippen LogP contribution in [0.15, 0.2) is 43.0 Å². The number of carboxylic acid groups (broad SMARTS) is 2. The predicted octanol–water partition coefficient (Wildman–Crippen LogP) is 3.14. The molecule has 156 valence electrons. The third-order valence-electron chi connectivity index (χ3n) is 3.84. The lowest BCUT2D eigenvalue weighted by Crippen LogP contribution is -2.17. The summed E-state index contributed by atoms with van der Waals surface area (Å²) < 4.78 is 5.37. The van der Waals surface area contributed by atoms with Crippen molar-refractivity contribution in [2.75, 3.05) is 19.0 Å². The third kappa shape index (κ3) is 8.44. The molecule has 0 radical (unpaired) electrons. The minimum absolute atomic E-state index is 0.332. The maximum atomic E-state index is 9.55. The zero-order valence-corrected chi connectivity index (χ0v) is 16.6. The minimum Gasteiger partial charge on any atom is -0.497 e. The lowest BCUT2D eigenvalue weighted by Gasteiger charge is -2.17. The highest BCUT2D eigenvalue weighted by atomic mass is 16.5. The lowest BCUT2D eigenvalue weighted by molar-refractivity contribution is -0.134. The van der Waals surface area contributed by atoms with Crippen LogP contribution >= 0.6 is 0 Å². The van der Waals surface area contributed by atoms with Crippen molar-refractivity contribution in [2.24, 2.45) is 5.73 Å². The molecule has 5 N–H and O–H groups in total. The number of fused-ring (bicyclic) bond motifs is 1. The van der Waals surface area contributed by atoms with Gasteiger partial charge in [0, 0.05) is 29.6 Å². The molecule has 2 aromatic rings. The van der Waals surface area contributed by atoms with Gasteiger partial charge in [-0.05, 0) is 44.5 Å². The second-order valence-corrected chi connectivity index (χ2v) is 6.17. The summed E-state index contributed by atoms with van der Waals surface area (Å²) in [7, 11) is 1.67. The van der Waals surface area contributed by atoms with Gasteiger partial charge >= 0.3 is 11.9 Å². The summed E-state index contributed by atoms with van der Waals surface area (Å²) in [6.45, 7) is 6.64. The maximum absolute atomic E-state index is 9.55. The molecule has 0 saturated carbocycles. The molecule has 0 spiro atoms. The summed E-state index contributed by atoms with van der Waals surface area (Å²) in [4.78, 5) is 23.7. The van der Waals surface area contributed by atoms with E-state index in [1.807, 2.05) is 24.3 Å². The minimum atomic E-state index is -1.26. The SMILES string of the molecule is C=Cc1ccc2cc(OC)cc(NC(C)CCCN)c2n1.O=C(O)/C=C/C(=O)O. The van der Waals surface area contributed by atoms with Crippen molar-refractivity contribution in [1.29, 1.82) is 0 Å². The van der Waals surface area contributed by atoms with Crippen LogP contribution < -0.4 is 15.8 Å². The fourth-order valence-corrected chi connectivity index (χ4v) is 2.47. The Hall–Kier alpha value is -3.39. The van der Waals surface area contributed by atoms with Gasteiger partial charge in [0.25, 0.3) is 0 Å². The number of rotatable bonds is 9. The fraction of sp³-hybridized carbons (Fsp3) is 0.286. The van der Waals surface area contributed by atoms with Crippen molar-refractivity contribution in [2.45, 2.75) is 25.8 Å². The molecule has 29 heavy (non-hydrogen) atoms. The van der Waals surface area contributed by atoms with E-state index in [1.54, 1.807) is 13.2 Å². The first-order valence-corrected chi connectivity index (χ1v) is 9.02. The van der Waals surface area contributed by atoms with E-state index in [0.717, 1.165) is 40.9 Å². The first-order valence-electron chi connectivity index (χ1n) is 9.02. The summed E-state index contributed by atoms with van der Waals surface area (Å²) in [5.41, 5.74) is 8.36. The third-order valence-corrected chi connectivity index (χ3v) is 3.84. The van der Waals surface area contributed by atoms with E-state index in [0.29, 0.717) is 24.7 Å². The molecule has 0 fully saturated rings. The summed E-state index contributed by atoms with van der Waals surface area (Å²) in [5.74, 6) is -1.69. The van der Waals surface area contributed by atoms with Gasteiger partial charge in [-0.1, -0.05) is 12.6 Å². The van der Waals surface area contributed by atoms with Gasteiger partial charge in [0.1, 0.15) is 5.75 Å². The summed E-state index contributed by atoms with van der Waals surface area (Å²) >= 11 is 0. The lowest BCUT2D eigenvalue weighted by atomic mass is 10.1. The van der Waals surface area contributed by atoms with Crippen LogP contribution in [-0.4, -0.2) is 46.8 Å². The number of nitrogens with zero attached hydrogens (tertiary/aromatic N) is 1. The molecule has 0 bridgehead atoms. The van der Waals surface area contributed by atoms with Crippen LogP contribution in [0.3, 0.4) is 0 Å². The molecule has 0 saturated heterocycles. The molecule has 1 heterocycles. The van der Waals surface area contributed by atoms with Gasteiger partial charge in [-0.2, -0.15) is 0 Å². The number of methoxy groups -OCH3 is 1. The van der Waals surface area contributed by atoms with E-state index < -0.39 is 11.9 Å². The average Bonchev–Trinajstić information content (AvgIpc) is 2.70. The standard InChI is InChI=1S/C17H23N3O.C4H4O4/c1-4-14-8-7-13-10-15(21-3)11-16(17(13)20-14)19-12(2)6-5-9-18;5-3(6)1-2-4(7)8/h4,7-8,10-12,19H,1,5-6,9,18H2,2-3H3;1-2H,(H,5,6)(H,7,8)/b;2-1+. The molecule has 0 aliphatic carbocycles. The van der Waals surface area contributed by atoms with Crippen LogP contribution in [0.4, 0.5) is 5.69 Å². The number of benzene rings is 1. The van der Waals surface area contributed by atoms with E-state index in [9.17, 15) is 9.59 Å². The Kier molecular flexibility index (Phi) is 9.90. The van der Waals surface area contributed by atoms with E-state index in [4.69, 9.17) is 20.7 Å². The number of pyridine rings is 1. The van der Waals surface area contributed by atoms with E-state index >= 15 is 0 Å². The smallest absolute Gasteiger partial charge is 0.328 e. The monoisotopic (exact) mass is 401 g/mol. The van der Waals surface area contributed by atoms with Gasteiger partial charge < -0.3 is 26.0 Å². The van der Waals surface area contributed by atoms with Gasteiger partial charge in [-0.25, -0.2) is 14.6 Å². The molecule has 0 aliphatic rings. The molecule has 8 heteroatoms. The Morgan fingerprint density at radius 1 is 1.28 bits per heavy atom. The molecule has 1 aromatic heterocycles. The molecule has 8 nitrogen and oxygen atoms in total. The Balaban J connectivity index is 0.000000447. The highest BCUT2D eigenvalue weighted by Crippen LogP contribution is 2.29. The Labute approximate surface area is 169 Å². The van der Waals surface area contributed by atoms with Crippen molar-refractivity contribution in [1.82, 2.24) is 4.98 Å². The van der Waals surface area contributed by atoms with Crippen LogP contribution in [-0.2, 0) is 9.59 Å². The Morgan fingerprint density at radius 3 is 2.45 bits per heavy atom. The average molecular weight is 401 g/mol. The van der Waals surface area contributed by atoms with Crippen molar-refractivity contribution in [3.8, 4) is 5.75 Å². The van der Waals surface area contributed by atoms with Crippen LogP contribution in [0.2, 0.25) is 0 Å². The van der Waals surface area contributed by atoms with Crippen LogP contribution in [0, 0.1) is 0 Å². The van der Waals surface area contributed by atoms with E-state index in [1.165, 1.54) is 0 Å². The molecule has 1 unspecified atom stereocenters. The number of carboxylic acids is 2. The summed E-state index contributed by atoms with van der Waals surface area (Å²) in [6, 6.07) is 8.30. The molecular weight excluding hydrogens is 374 g/mol. The Morgan fingerprint density at radius 2 is 1.93 bits per heavy atom. The number of hydrogen-bond donors (Lipinski definition) is 4. The van der Waals surface area contributed by atoms with Crippen molar-refractivity contribution < 1.29 is 24.5 Å². The van der Waals surface area contributed by atoms with Crippen molar-refractivity contribution in [3.05, 3.63) is 48.7 Å². The first-order chi connectivity index (χ1) is 13.8. The predicted molar refractivity (Wildman–Crippen MR) is 114 cm³/mol. The van der Waals surface area contributed by atoms with Crippen LogP contribution in [0.5, 0.6) is 5.75 Å². The van der Waals surface area contributed by atoms with Gasteiger partial charge in [-0.3, -0.25) is 0 Å². The molecule has 2 rings (SSSR count). The fourth-order valence-electron chi connectivity index (χ4n) is 2.47. The number of aromatic nitrogens is 1. The van der Waals surface area contributed by atoms with E-state index in [-0.39, 0.29) is 0 Å². The molecule has 0 amide bonds. The molecular formula is C21H27N3O5. The molecule has 1 atom stereocenters.